The number of hydrogen-bond donors (Lipinski definition) is 0. The van der Waals surface area contributed by atoms with E-state index in [9.17, 15) is 21.0 Å². The lowest BCUT2D eigenvalue weighted by Gasteiger charge is -2.43. The maximum atomic E-state index is 9.30. The zero-order chi connectivity index (χ0) is 15.2. The van der Waals surface area contributed by atoms with E-state index in [0.29, 0.717) is 6.67 Å². The van der Waals surface area contributed by atoms with E-state index in [1.807, 2.05) is 9.80 Å². The third-order valence-corrected chi connectivity index (χ3v) is 4.43. The van der Waals surface area contributed by atoms with E-state index in [0.717, 1.165) is 38.5 Å². The molecule has 2 aliphatic rings. The zero-order valence-corrected chi connectivity index (χ0v) is 11.9. The Morgan fingerprint density at radius 1 is 0.619 bits per heavy atom. The average molecular weight is 282 g/mol. The van der Waals surface area contributed by atoms with Crippen molar-refractivity contribution < 1.29 is 0 Å². The maximum absolute atomic E-state index is 9.30. The minimum Gasteiger partial charge on any atom is -0.259 e. The van der Waals surface area contributed by atoms with Gasteiger partial charge in [-0.25, -0.2) is 0 Å². The molecule has 0 unspecified atom stereocenters. The van der Waals surface area contributed by atoms with Crippen molar-refractivity contribution in [2.45, 2.75) is 62.7 Å². The molecule has 2 rings (SSSR count). The first-order valence-corrected chi connectivity index (χ1v) is 7.35. The molecule has 2 heterocycles. The maximum Gasteiger partial charge on any atom is 0.0998 e. The predicted octanol–water partition coefficient (Wildman–Crippen LogP) is 1.48. The van der Waals surface area contributed by atoms with Crippen LogP contribution >= 0.6 is 0 Å². The summed E-state index contributed by atoms with van der Waals surface area (Å²) in [6, 6.07) is 7.82. The normalized spacial score (nSPS) is 34.1. The van der Waals surface area contributed by atoms with Crippen LogP contribution in [-0.2, 0) is 0 Å². The predicted molar refractivity (Wildman–Crippen MR) is 73.9 cm³/mol. The van der Waals surface area contributed by atoms with Gasteiger partial charge in [0.1, 0.15) is 0 Å². The summed E-state index contributed by atoms with van der Waals surface area (Å²) in [5, 5.41) is 37.2. The molecule has 0 aliphatic carbocycles. The van der Waals surface area contributed by atoms with Crippen LogP contribution in [0.1, 0.15) is 38.5 Å². The highest BCUT2D eigenvalue weighted by Gasteiger charge is 2.37. The van der Waals surface area contributed by atoms with Gasteiger partial charge in [0.2, 0.25) is 0 Å². The number of rotatable bonds is 2. The Hall–Kier alpha value is -2.12. The highest BCUT2D eigenvalue weighted by Crippen LogP contribution is 2.27. The Balaban J connectivity index is 2.19. The van der Waals surface area contributed by atoms with Gasteiger partial charge in [-0.1, -0.05) is 0 Å². The Bertz CT molecular complexity index is 438. The molecule has 21 heavy (non-hydrogen) atoms. The van der Waals surface area contributed by atoms with Crippen LogP contribution in [-0.4, -0.2) is 40.6 Å². The van der Waals surface area contributed by atoms with Gasteiger partial charge in [0.05, 0.1) is 55.1 Å². The molecule has 0 amide bonds. The fourth-order valence-corrected chi connectivity index (χ4v) is 3.24. The van der Waals surface area contributed by atoms with E-state index < -0.39 is 0 Å². The van der Waals surface area contributed by atoms with Crippen molar-refractivity contribution in [3.8, 4) is 24.3 Å². The van der Waals surface area contributed by atoms with Crippen LogP contribution in [0.2, 0.25) is 0 Å². The summed E-state index contributed by atoms with van der Waals surface area (Å²) in [6.45, 7) is 0.354. The standard InChI is InChI=1S/C15H18N6/c16-7-12-3-1-4-13(8-17)20(12)11-21-14(9-18)5-2-6-15(21)10-19/h12-15H,1-6,11H2/t12-,13+,14-,15+. The highest BCUT2D eigenvalue weighted by atomic mass is 15.4. The van der Waals surface area contributed by atoms with Gasteiger partial charge >= 0.3 is 0 Å². The lowest BCUT2D eigenvalue weighted by Crippen LogP contribution is -2.56. The molecule has 108 valence electrons. The molecule has 0 N–H and O–H groups in total. The van der Waals surface area contributed by atoms with Crippen molar-refractivity contribution in [1.82, 2.24) is 9.80 Å². The van der Waals surface area contributed by atoms with Crippen LogP contribution in [0.3, 0.4) is 0 Å². The lowest BCUT2D eigenvalue weighted by molar-refractivity contribution is 0.0221. The van der Waals surface area contributed by atoms with Gasteiger partial charge in [0.15, 0.2) is 0 Å². The Kier molecular flexibility index (Phi) is 5.13. The van der Waals surface area contributed by atoms with E-state index in [2.05, 4.69) is 24.3 Å². The largest absolute Gasteiger partial charge is 0.259 e. The molecule has 2 fully saturated rings. The second kappa shape index (κ2) is 7.05. The number of nitriles is 4. The summed E-state index contributed by atoms with van der Waals surface area (Å²) in [5.41, 5.74) is 0. The topological polar surface area (TPSA) is 102 Å². The van der Waals surface area contributed by atoms with Gasteiger partial charge in [-0.15, -0.1) is 0 Å². The van der Waals surface area contributed by atoms with Gasteiger partial charge < -0.3 is 0 Å². The van der Waals surface area contributed by atoms with E-state index >= 15 is 0 Å². The third-order valence-electron chi connectivity index (χ3n) is 4.43. The Morgan fingerprint density at radius 2 is 0.905 bits per heavy atom. The molecule has 0 radical (unpaired) electrons. The van der Waals surface area contributed by atoms with Gasteiger partial charge in [-0.3, -0.25) is 9.80 Å². The first-order valence-electron chi connectivity index (χ1n) is 7.35. The van der Waals surface area contributed by atoms with Crippen molar-refractivity contribution in [3.63, 3.8) is 0 Å². The van der Waals surface area contributed by atoms with Gasteiger partial charge in [-0.2, -0.15) is 21.0 Å². The van der Waals surface area contributed by atoms with E-state index in [1.54, 1.807) is 0 Å². The molecule has 0 saturated carbocycles. The molecule has 6 heteroatoms. The minimum atomic E-state index is -0.302. The van der Waals surface area contributed by atoms with E-state index in [1.165, 1.54) is 0 Å². The van der Waals surface area contributed by atoms with Crippen LogP contribution in [0.15, 0.2) is 0 Å². The molecule has 0 aromatic rings. The number of piperidine rings is 2. The molecular weight excluding hydrogens is 264 g/mol. The summed E-state index contributed by atoms with van der Waals surface area (Å²) < 4.78 is 0. The van der Waals surface area contributed by atoms with Crippen molar-refractivity contribution >= 4 is 0 Å². The van der Waals surface area contributed by atoms with E-state index in [-0.39, 0.29) is 24.2 Å². The van der Waals surface area contributed by atoms with Crippen LogP contribution in [0.4, 0.5) is 0 Å². The van der Waals surface area contributed by atoms with Crippen molar-refractivity contribution in [1.29, 1.82) is 21.0 Å². The van der Waals surface area contributed by atoms with Gasteiger partial charge in [0, 0.05) is 0 Å². The molecule has 4 atom stereocenters. The molecule has 0 spiro atoms. The van der Waals surface area contributed by atoms with Crippen molar-refractivity contribution in [3.05, 3.63) is 0 Å². The quantitative estimate of drug-likeness (QED) is 0.760. The van der Waals surface area contributed by atoms with Crippen LogP contribution in [0.5, 0.6) is 0 Å². The van der Waals surface area contributed by atoms with Crippen LogP contribution in [0.25, 0.3) is 0 Å². The SMILES string of the molecule is N#C[C@@H]1CCC[C@H](C#N)N1CN1[C@H](C#N)CCC[C@@H]1C#N. The second-order valence-corrected chi connectivity index (χ2v) is 5.61. The molecule has 0 aromatic carbocycles. The first-order chi connectivity index (χ1) is 10.2. The van der Waals surface area contributed by atoms with Crippen LogP contribution in [0, 0.1) is 45.3 Å². The zero-order valence-electron chi connectivity index (χ0n) is 11.9. The molecule has 2 saturated heterocycles. The Morgan fingerprint density at radius 3 is 1.14 bits per heavy atom. The summed E-state index contributed by atoms with van der Waals surface area (Å²) in [4.78, 5) is 3.73. The second-order valence-electron chi connectivity index (χ2n) is 5.61. The van der Waals surface area contributed by atoms with Gasteiger partial charge in [-0.05, 0) is 38.5 Å². The lowest BCUT2D eigenvalue weighted by atomic mass is 9.95. The minimum absolute atomic E-state index is 0.302. The fraction of sp³-hybridized carbons (Fsp3) is 0.733. The van der Waals surface area contributed by atoms with Crippen LogP contribution < -0.4 is 0 Å². The highest BCUT2D eigenvalue weighted by molar-refractivity contribution is 5.08. The number of hydrogen-bond acceptors (Lipinski definition) is 6. The molecule has 2 aliphatic heterocycles. The summed E-state index contributed by atoms with van der Waals surface area (Å²) >= 11 is 0. The van der Waals surface area contributed by atoms with Crippen molar-refractivity contribution in [2.24, 2.45) is 0 Å². The number of nitrogens with zero attached hydrogens (tertiary/aromatic N) is 6. The average Bonchev–Trinajstić information content (AvgIpc) is 2.55. The van der Waals surface area contributed by atoms with Gasteiger partial charge in [0.25, 0.3) is 0 Å². The molecule has 6 nitrogen and oxygen atoms in total. The molecular formula is C15H18N6. The molecule has 0 aromatic heterocycles. The van der Waals surface area contributed by atoms with E-state index in [4.69, 9.17) is 0 Å². The third kappa shape index (κ3) is 3.14. The molecule has 0 bridgehead atoms. The Labute approximate surface area is 125 Å². The first kappa shape index (κ1) is 15.3. The smallest absolute Gasteiger partial charge is 0.0998 e. The fourth-order valence-electron chi connectivity index (χ4n) is 3.24. The summed E-state index contributed by atoms with van der Waals surface area (Å²) in [7, 11) is 0. The number of likely N-dealkylation sites (tertiary alicyclic amines) is 2. The summed E-state index contributed by atoms with van der Waals surface area (Å²) in [6.07, 6.45) is 4.73. The monoisotopic (exact) mass is 282 g/mol. The summed E-state index contributed by atoms with van der Waals surface area (Å²) in [5.74, 6) is 0. The van der Waals surface area contributed by atoms with Crippen molar-refractivity contribution in [2.75, 3.05) is 6.67 Å².